The fourth-order valence-corrected chi connectivity index (χ4v) is 3.89. The van der Waals surface area contributed by atoms with Crippen LogP contribution in [0.1, 0.15) is 6.92 Å². The summed E-state index contributed by atoms with van der Waals surface area (Å²) < 4.78 is 63.3. The Hall–Kier alpha value is -2.07. The Bertz CT molecular complexity index is 1030. The molecule has 0 radical (unpaired) electrons. The molecule has 0 N–H and O–H groups in total. The van der Waals surface area contributed by atoms with Crippen LogP contribution >= 0.6 is 11.8 Å². The summed E-state index contributed by atoms with van der Waals surface area (Å²) in [5.41, 5.74) is -3.53. The normalized spacial score (nSPS) is 12.6. The molecule has 0 saturated carbocycles. The fourth-order valence-electron chi connectivity index (χ4n) is 2.27. The van der Waals surface area contributed by atoms with Crippen LogP contribution in [0.25, 0.3) is 17.0 Å². The lowest BCUT2D eigenvalue weighted by atomic mass is 10.3. The van der Waals surface area contributed by atoms with E-state index in [0.717, 1.165) is 0 Å². The number of hydrogen-bond acceptors (Lipinski definition) is 5. The highest BCUT2D eigenvalue weighted by atomic mass is 32.2. The summed E-state index contributed by atoms with van der Waals surface area (Å²) in [7, 11) is -3.51. The summed E-state index contributed by atoms with van der Waals surface area (Å²) >= 11 is -0.228. The van der Waals surface area contributed by atoms with Gasteiger partial charge < -0.3 is 4.40 Å². The number of halogens is 3. The highest BCUT2D eigenvalue weighted by molar-refractivity contribution is 8.00. The molecule has 10 heteroatoms. The van der Waals surface area contributed by atoms with Crippen LogP contribution in [-0.4, -0.2) is 34.0 Å². The fraction of sp³-hybridized carbons (Fsp3) is 0.200. The minimum atomic E-state index is -4.39. The lowest BCUT2D eigenvalue weighted by Gasteiger charge is -2.05. The van der Waals surface area contributed by atoms with Crippen LogP contribution < -0.4 is 0 Å². The second kappa shape index (κ2) is 6.34. The number of alkyl halides is 3. The largest absolute Gasteiger partial charge is 0.446 e. The van der Waals surface area contributed by atoms with Gasteiger partial charge in [0.1, 0.15) is 17.0 Å². The molecular weight excluding hydrogens is 375 g/mol. The Morgan fingerprint density at radius 3 is 2.64 bits per heavy atom. The van der Waals surface area contributed by atoms with Gasteiger partial charge >= 0.3 is 5.51 Å². The van der Waals surface area contributed by atoms with Crippen molar-refractivity contribution < 1.29 is 21.6 Å². The van der Waals surface area contributed by atoms with Crippen LogP contribution in [0, 0.1) is 0 Å². The van der Waals surface area contributed by atoms with Gasteiger partial charge in [-0.25, -0.2) is 13.4 Å². The summed E-state index contributed by atoms with van der Waals surface area (Å²) in [4.78, 5) is 8.43. The topological polar surface area (TPSA) is 64.3 Å². The number of pyridine rings is 2. The average Bonchev–Trinajstić information content (AvgIpc) is 2.96. The van der Waals surface area contributed by atoms with Gasteiger partial charge in [-0.05, 0) is 36.0 Å². The first-order valence-corrected chi connectivity index (χ1v) is 9.59. The number of fused-ring (bicyclic) bond motifs is 1. The van der Waals surface area contributed by atoms with Crippen LogP contribution in [0.2, 0.25) is 0 Å². The van der Waals surface area contributed by atoms with Crippen LogP contribution in [-0.2, 0) is 9.84 Å². The summed E-state index contributed by atoms with van der Waals surface area (Å²) in [6.07, 6.45) is 4.20. The van der Waals surface area contributed by atoms with E-state index in [2.05, 4.69) is 9.97 Å². The van der Waals surface area contributed by atoms with Crippen LogP contribution in [0.3, 0.4) is 0 Å². The zero-order valence-electron chi connectivity index (χ0n) is 12.9. The Morgan fingerprint density at radius 2 is 1.96 bits per heavy atom. The first-order valence-electron chi connectivity index (χ1n) is 7.12. The first-order chi connectivity index (χ1) is 11.7. The predicted molar refractivity (Wildman–Crippen MR) is 88.1 cm³/mol. The lowest BCUT2D eigenvalue weighted by Crippen LogP contribution is -2.06. The molecule has 0 atom stereocenters. The van der Waals surface area contributed by atoms with E-state index in [4.69, 9.17) is 0 Å². The van der Waals surface area contributed by atoms with E-state index in [-0.39, 0.29) is 38.7 Å². The van der Waals surface area contributed by atoms with Crippen molar-refractivity contribution in [1.29, 1.82) is 0 Å². The second-order valence-electron chi connectivity index (χ2n) is 5.06. The summed E-state index contributed by atoms with van der Waals surface area (Å²) in [5, 5.41) is 0. The zero-order chi connectivity index (χ0) is 18.2. The molecule has 3 rings (SSSR count). The van der Waals surface area contributed by atoms with Crippen molar-refractivity contribution in [3.63, 3.8) is 0 Å². The van der Waals surface area contributed by atoms with E-state index in [1.165, 1.54) is 54.2 Å². The molecule has 0 amide bonds. The van der Waals surface area contributed by atoms with Crippen molar-refractivity contribution in [2.24, 2.45) is 0 Å². The van der Waals surface area contributed by atoms with Crippen molar-refractivity contribution in [3.8, 4) is 11.4 Å². The number of sulfone groups is 1. The third-order valence-electron chi connectivity index (χ3n) is 3.39. The molecule has 0 saturated heterocycles. The maximum atomic E-state index is 12.5. The van der Waals surface area contributed by atoms with E-state index < -0.39 is 15.3 Å². The van der Waals surface area contributed by atoms with Crippen molar-refractivity contribution >= 4 is 27.2 Å². The van der Waals surface area contributed by atoms with Gasteiger partial charge in [-0.15, -0.1) is 0 Å². The van der Waals surface area contributed by atoms with E-state index in [1.54, 1.807) is 0 Å². The zero-order valence-corrected chi connectivity index (χ0v) is 14.5. The number of hydrogen-bond donors (Lipinski definition) is 0. The highest BCUT2D eigenvalue weighted by Crippen LogP contribution is 2.37. The van der Waals surface area contributed by atoms with Gasteiger partial charge in [0, 0.05) is 23.5 Å². The second-order valence-corrected chi connectivity index (χ2v) is 8.44. The molecule has 3 heterocycles. The minimum absolute atomic E-state index is 0.00590. The molecule has 0 aliphatic rings. The molecule has 0 spiro atoms. The lowest BCUT2D eigenvalue weighted by molar-refractivity contribution is -0.0328. The van der Waals surface area contributed by atoms with Gasteiger partial charge in [-0.3, -0.25) is 4.98 Å². The summed E-state index contributed by atoms with van der Waals surface area (Å²) in [6, 6.07) is 5.71. The van der Waals surface area contributed by atoms with E-state index >= 15 is 0 Å². The molecule has 132 valence electrons. The number of nitrogens with zero attached hydrogens (tertiary/aromatic N) is 3. The van der Waals surface area contributed by atoms with E-state index in [0.29, 0.717) is 5.65 Å². The van der Waals surface area contributed by atoms with Crippen LogP contribution in [0.15, 0.2) is 52.6 Å². The van der Waals surface area contributed by atoms with Gasteiger partial charge in [0.2, 0.25) is 0 Å². The third kappa shape index (κ3) is 3.79. The van der Waals surface area contributed by atoms with Gasteiger partial charge in [0.25, 0.3) is 0 Å². The molecule has 0 aliphatic carbocycles. The Balaban J connectivity index is 2.09. The summed E-state index contributed by atoms with van der Waals surface area (Å²) in [5.74, 6) is -0.0918. The van der Waals surface area contributed by atoms with Gasteiger partial charge in [-0.1, -0.05) is 6.92 Å². The number of thioether (sulfide) groups is 1. The molecule has 0 fully saturated rings. The standard InChI is InChI=1S/C15H12F3N3O2S2/c1-2-25(22,23)12-4-3-7-19-14(12)11-9-21-8-10(24-15(16,17)18)5-6-13(21)20-11/h3-9H,2H2,1H3. The summed E-state index contributed by atoms with van der Waals surface area (Å²) in [6.45, 7) is 1.52. The van der Waals surface area contributed by atoms with Crippen LogP contribution in [0.4, 0.5) is 13.2 Å². The third-order valence-corrected chi connectivity index (χ3v) is 5.85. The average molecular weight is 387 g/mol. The molecular formula is C15H12F3N3O2S2. The van der Waals surface area contributed by atoms with Gasteiger partial charge in [-0.2, -0.15) is 13.2 Å². The van der Waals surface area contributed by atoms with Crippen molar-refractivity contribution in [3.05, 3.63) is 42.9 Å². The molecule has 0 aromatic carbocycles. The number of rotatable bonds is 4. The molecule has 0 unspecified atom stereocenters. The van der Waals surface area contributed by atoms with Crippen molar-refractivity contribution in [2.45, 2.75) is 22.2 Å². The Kier molecular flexibility index (Phi) is 4.50. The van der Waals surface area contributed by atoms with Crippen LogP contribution in [0.5, 0.6) is 0 Å². The number of imidazole rings is 1. The SMILES string of the molecule is CCS(=O)(=O)c1cccnc1-c1cn2cc(SC(F)(F)F)ccc2n1. The van der Waals surface area contributed by atoms with Gasteiger partial charge in [0.05, 0.1) is 10.6 Å². The minimum Gasteiger partial charge on any atom is -0.305 e. The first kappa shape index (κ1) is 17.7. The predicted octanol–water partition coefficient (Wildman–Crippen LogP) is 3.80. The smallest absolute Gasteiger partial charge is 0.305 e. The highest BCUT2D eigenvalue weighted by Gasteiger charge is 2.29. The monoisotopic (exact) mass is 387 g/mol. The van der Waals surface area contributed by atoms with Crippen molar-refractivity contribution in [2.75, 3.05) is 5.75 Å². The Labute approximate surface area is 145 Å². The van der Waals surface area contributed by atoms with E-state index in [9.17, 15) is 21.6 Å². The molecule has 3 aromatic rings. The molecule has 0 aliphatic heterocycles. The quantitative estimate of drug-likeness (QED) is 0.637. The molecule has 5 nitrogen and oxygen atoms in total. The maximum Gasteiger partial charge on any atom is 0.446 e. The maximum absolute atomic E-state index is 12.5. The molecule has 0 bridgehead atoms. The van der Waals surface area contributed by atoms with E-state index in [1.807, 2.05) is 0 Å². The van der Waals surface area contributed by atoms with Gasteiger partial charge in [0.15, 0.2) is 9.84 Å². The Morgan fingerprint density at radius 1 is 1.20 bits per heavy atom. The number of aromatic nitrogens is 3. The van der Waals surface area contributed by atoms with Crippen molar-refractivity contribution in [1.82, 2.24) is 14.4 Å². The molecule has 25 heavy (non-hydrogen) atoms. The molecule has 3 aromatic heterocycles.